The van der Waals surface area contributed by atoms with Crippen molar-refractivity contribution in [1.82, 2.24) is 15.5 Å². The monoisotopic (exact) mass is 237 g/mol. The molecule has 0 spiro atoms. The molecule has 1 aliphatic carbocycles. The van der Waals surface area contributed by atoms with Crippen molar-refractivity contribution in [3.05, 3.63) is 17.5 Å². The molecule has 1 fully saturated rings. The van der Waals surface area contributed by atoms with Crippen LogP contribution < -0.4 is 5.32 Å². The molecule has 17 heavy (non-hydrogen) atoms. The third-order valence-corrected chi connectivity index (χ3v) is 3.57. The highest BCUT2D eigenvalue weighted by molar-refractivity contribution is 5.95. The van der Waals surface area contributed by atoms with Crippen LogP contribution >= 0.6 is 0 Å². The van der Waals surface area contributed by atoms with Crippen LogP contribution in [0, 0.1) is 6.92 Å². The van der Waals surface area contributed by atoms with E-state index in [0.29, 0.717) is 5.56 Å². The van der Waals surface area contributed by atoms with Gasteiger partial charge in [0.1, 0.15) is 0 Å². The summed E-state index contributed by atoms with van der Waals surface area (Å²) in [6.45, 7) is 1.82. The average molecular weight is 237 g/mol. The Hall–Kier alpha value is -1.36. The number of carbonyl (C=O) groups excluding carboxylic acids is 1. The largest absolute Gasteiger partial charge is 0.394 e. The van der Waals surface area contributed by atoms with E-state index in [4.69, 9.17) is 0 Å². The Kier molecular flexibility index (Phi) is 3.47. The molecule has 1 aromatic rings. The van der Waals surface area contributed by atoms with Crippen LogP contribution in [-0.4, -0.2) is 33.4 Å². The molecule has 94 valence electrons. The standard InChI is InChI=1S/C12H19N3O2/c1-9-10(7-13-15-9)11(17)14-12(8-16)5-3-2-4-6-12/h7,16H,2-6,8H2,1H3,(H,13,15)(H,14,17). The summed E-state index contributed by atoms with van der Waals surface area (Å²) in [6.07, 6.45) is 6.54. The zero-order valence-electron chi connectivity index (χ0n) is 10.1. The molecule has 1 aliphatic rings. The summed E-state index contributed by atoms with van der Waals surface area (Å²) in [4.78, 5) is 12.1. The quantitative estimate of drug-likeness (QED) is 0.737. The molecule has 1 saturated carbocycles. The third kappa shape index (κ3) is 2.49. The summed E-state index contributed by atoms with van der Waals surface area (Å²) in [5.74, 6) is -0.146. The smallest absolute Gasteiger partial charge is 0.255 e. The van der Waals surface area contributed by atoms with Crippen LogP contribution in [0.1, 0.15) is 48.2 Å². The predicted molar refractivity (Wildman–Crippen MR) is 63.7 cm³/mol. The predicted octanol–water partition coefficient (Wildman–Crippen LogP) is 1.14. The number of aryl methyl sites for hydroxylation is 1. The maximum atomic E-state index is 12.1. The highest BCUT2D eigenvalue weighted by Crippen LogP contribution is 2.28. The topological polar surface area (TPSA) is 78.0 Å². The van der Waals surface area contributed by atoms with Crippen molar-refractivity contribution in [3.8, 4) is 0 Å². The van der Waals surface area contributed by atoms with E-state index in [1.807, 2.05) is 6.92 Å². The van der Waals surface area contributed by atoms with Gasteiger partial charge in [0.2, 0.25) is 0 Å². The van der Waals surface area contributed by atoms with Crippen LogP contribution in [0.3, 0.4) is 0 Å². The zero-order chi connectivity index (χ0) is 12.3. The number of aliphatic hydroxyl groups is 1. The Morgan fingerprint density at radius 2 is 2.24 bits per heavy atom. The molecule has 3 N–H and O–H groups in total. The first-order valence-corrected chi connectivity index (χ1v) is 6.10. The number of amides is 1. The summed E-state index contributed by atoms with van der Waals surface area (Å²) in [6, 6.07) is 0. The van der Waals surface area contributed by atoms with E-state index >= 15 is 0 Å². The Labute approximate surface area is 101 Å². The van der Waals surface area contributed by atoms with Crippen molar-refractivity contribution in [3.63, 3.8) is 0 Å². The Balaban J connectivity index is 2.08. The fourth-order valence-electron chi connectivity index (χ4n) is 2.44. The number of aliphatic hydroxyl groups excluding tert-OH is 1. The summed E-state index contributed by atoms with van der Waals surface area (Å²) in [5, 5.41) is 19.1. The lowest BCUT2D eigenvalue weighted by Crippen LogP contribution is -2.52. The average Bonchev–Trinajstić information content (AvgIpc) is 2.77. The molecule has 5 nitrogen and oxygen atoms in total. The van der Waals surface area contributed by atoms with Gasteiger partial charge in [-0.3, -0.25) is 9.89 Å². The molecule has 0 saturated heterocycles. The van der Waals surface area contributed by atoms with E-state index in [1.165, 1.54) is 12.6 Å². The lowest BCUT2D eigenvalue weighted by Gasteiger charge is -2.36. The number of hydrogen-bond donors (Lipinski definition) is 3. The normalized spacial score (nSPS) is 18.9. The molecule has 1 aromatic heterocycles. The Morgan fingerprint density at radius 3 is 2.76 bits per heavy atom. The SMILES string of the molecule is Cc1[nH]ncc1C(=O)NC1(CO)CCCCC1. The number of nitrogens with one attached hydrogen (secondary N) is 2. The number of H-pyrrole nitrogens is 1. The van der Waals surface area contributed by atoms with Crippen molar-refractivity contribution < 1.29 is 9.90 Å². The molecule has 2 rings (SSSR count). The van der Waals surface area contributed by atoms with Gasteiger partial charge < -0.3 is 10.4 Å². The molecule has 5 heteroatoms. The van der Waals surface area contributed by atoms with Crippen molar-refractivity contribution in [2.24, 2.45) is 0 Å². The van der Waals surface area contributed by atoms with Gasteiger partial charge in [0.15, 0.2) is 0 Å². The van der Waals surface area contributed by atoms with Crippen molar-refractivity contribution >= 4 is 5.91 Å². The second kappa shape index (κ2) is 4.87. The van der Waals surface area contributed by atoms with Crippen LogP contribution in [0.2, 0.25) is 0 Å². The summed E-state index contributed by atoms with van der Waals surface area (Å²) in [5.41, 5.74) is 0.883. The molecule has 0 aliphatic heterocycles. The first-order chi connectivity index (χ1) is 8.17. The van der Waals surface area contributed by atoms with Crippen LogP contribution in [0.5, 0.6) is 0 Å². The van der Waals surface area contributed by atoms with Gasteiger partial charge in [0.25, 0.3) is 5.91 Å². The molecule has 0 atom stereocenters. The van der Waals surface area contributed by atoms with Gasteiger partial charge in [-0.05, 0) is 19.8 Å². The van der Waals surface area contributed by atoms with E-state index in [1.54, 1.807) is 0 Å². The molecule has 1 heterocycles. The van der Waals surface area contributed by atoms with Crippen molar-refractivity contribution in [2.75, 3.05) is 6.61 Å². The number of carbonyl (C=O) groups is 1. The fraction of sp³-hybridized carbons (Fsp3) is 0.667. The second-order valence-electron chi connectivity index (χ2n) is 4.86. The van der Waals surface area contributed by atoms with Crippen LogP contribution in [-0.2, 0) is 0 Å². The van der Waals surface area contributed by atoms with Gasteiger partial charge >= 0.3 is 0 Å². The molecular formula is C12H19N3O2. The maximum absolute atomic E-state index is 12.1. The first kappa shape index (κ1) is 12.1. The summed E-state index contributed by atoms with van der Waals surface area (Å²) >= 11 is 0. The van der Waals surface area contributed by atoms with Gasteiger partial charge in [-0.25, -0.2) is 0 Å². The van der Waals surface area contributed by atoms with Crippen molar-refractivity contribution in [2.45, 2.75) is 44.6 Å². The number of aromatic amines is 1. The molecule has 0 aromatic carbocycles. The van der Waals surface area contributed by atoms with E-state index in [-0.39, 0.29) is 12.5 Å². The molecule has 1 amide bonds. The minimum Gasteiger partial charge on any atom is -0.394 e. The van der Waals surface area contributed by atoms with Crippen molar-refractivity contribution in [1.29, 1.82) is 0 Å². The number of rotatable bonds is 3. The molecule has 0 radical (unpaired) electrons. The number of nitrogens with zero attached hydrogens (tertiary/aromatic N) is 1. The van der Waals surface area contributed by atoms with E-state index in [0.717, 1.165) is 31.4 Å². The molecule has 0 bridgehead atoms. The number of hydrogen-bond acceptors (Lipinski definition) is 3. The fourth-order valence-corrected chi connectivity index (χ4v) is 2.44. The maximum Gasteiger partial charge on any atom is 0.255 e. The van der Waals surface area contributed by atoms with Crippen LogP contribution in [0.4, 0.5) is 0 Å². The van der Waals surface area contributed by atoms with Gasteiger partial charge in [-0.15, -0.1) is 0 Å². The molecule has 0 unspecified atom stereocenters. The lowest BCUT2D eigenvalue weighted by molar-refractivity contribution is 0.0758. The summed E-state index contributed by atoms with van der Waals surface area (Å²) in [7, 11) is 0. The minimum absolute atomic E-state index is 0.00956. The van der Waals surface area contributed by atoms with Gasteiger partial charge in [0, 0.05) is 5.69 Å². The Bertz CT molecular complexity index is 394. The first-order valence-electron chi connectivity index (χ1n) is 6.10. The van der Waals surface area contributed by atoms with Crippen LogP contribution in [0.15, 0.2) is 6.20 Å². The van der Waals surface area contributed by atoms with E-state index in [2.05, 4.69) is 15.5 Å². The summed E-state index contributed by atoms with van der Waals surface area (Å²) < 4.78 is 0. The van der Waals surface area contributed by atoms with Gasteiger partial charge in [-0.1, -0.05) is 19.3 Å². The van der Waals surface area contributed by atoms with E-state index in [9.17, 15) is 9.90 Å². The third-order valence-electron chi connectivity index (χ3n) is 3.57. The lowest BCUT2D eigenvalue weighted by atomic mass is 9.82. The zero-order valence-corrected chi connectivity index (χ0v) is 10.1. The van der Waals surface area contributed by atoms with Gasteiger partial charge in [-0.2, -0.15) is 5.10 Å². The van der Waals surface area contributed by atoms with E-state index < -0.39 is 5.54 Å². The Morgan fingerprint density at radius 1 is 1.53 bits per heavy atom. The molecular weight excluding hydrogens is 218 g/mol. The highest BCUT2D eigenvalue weighted by Gasteiger charge is 2.33. The minimum atomic E-state index is -0.432. The van der Waals surface area contributed by atoms with Crippen LogP contribution in [0.25, 0.3) is 0 Å². The number of aromatic nitrogens is 2. The van der Waals surface area contributed by atoms with Gasteiger partial charge in [0.05, 0.1) is 23.9 Å². The second-order valence-corrected chi connectivity index (χ2v) is 4.86. The highest BCUT2D eigenvalue weighted by atomic mass is 16.3.